The summed E-state index contributed by atoms with van der Waals surface area (Å²) >= 11 is 0. The maximum absolute atomic E-state index is 5.27. The van der Waals surface area contributed by atoms with Gasteiger partial charge in [-0.2, -0.15) is 0 Å². The van der Waals surface area contributed by atoms with E-state index in [-0.39, 0.29) is 6.04 Å². The first kappa shape index (κ1) is 11.2. The lowest BCUT2D eigenvalue weighted by atomic mass is 9.92. The summed E-state index contributed by atoms with van der Waals surface area (Å²) in [5, 5.41) is 3.52. The molecule has 3 heteroatoms. The first-order chi connectivity index (χ1) is 8.88. The molecule has 1 aromatic heterocycles. The Balaban J connectivity index is 2.02. The summed E-state index contributed by atoms with van der Waals surface area (Å²) in [7, 11) is 1.68. The van der Waals surface area contributed by atoms with Crippen LogP contribution in [0.4, 0.5) is 0 Å². The summed E-state index contributed by atoms with van der Waals surface area (Å²) in [6, 6.07) is 12.6. The summed E-state index contributed by atoms with van der Waals surface area (Å²) < 4.78 is 5.27. The van der Waals surface area contributed by atoms with Gasteiger partial charge in [-0.1, -0.05) is 24.3 Å². The van der Waals surface area contributed by atoms with E-state index in [1.54, 1.807) is 13.3 Å². The van der Waals surface area contributed by atoms with Crippen LogP contribution < -0.4 is 10.1 Å². The first-order valence-corrected chi connectivity index (χ1v) is 6.19. The van der Waals surface area contributed by atoms with Gasteiger partial charge in [0.2, 0.25) is 0 Å². The number of benzene rings is 1. The van der Waals surface area contributed by atoms with Gasteiger partial charge in [-0.25, -0.2) is 0 Å². The third-order valence-electron chi connectivity index (χ3n) is 3.39. The maximum Gasteiger partial charge on any atom is 0.122 e. The summed E-state index contributed by atoms with van der Waals surface area (Å²) in [5.74, 6) is 0.852. The van der Waals surface area contributed by atoms with Crippen molar-refractivity contribution in [2.24, 2.45) is 0 Å². The van der Waals surface area contributed by atoms with E-state index in [9.17, 15) is 0 Å². The molecule has 1 aliphatic heterocycles. The molecule has 0 saturated heterocycles. The van der Waals surface area contributed by atoms with Crippen LogP contribution >= 0.6 is 0 Å². The van der Waals surface area contributed by atoms with Gasteiger partial charge >= 0.3 is 0 Å². The lowest BCUT2D eigenvalue weighted by Gasteiger charge is -2.26. The highest BCUT2D eigenvalue weighted by molar-refractivity contribution is 5.38. The normalized spacial score (nSPS) is 18.2. The standard InChI is InChI=1S/C15H16N2O/c1-18-12-7-9-16-14(10-12)15-13-5-3-2-4-11(13)6-8-17-15/h2-5,7,9-10,15,17H,6,8H2,1H3. The van der Waals surface area contributed by atoms with Crippen molar-refractivity contribution in [1.82, 2.24) is 10.3 Å². The smallest absolute Gasteiger partial charge is 0.122 e. The van der Waals surface area contributed by atoms with Crippen LogP contribution in [0.5, 0.6) is 5.75 Å². The molecule has 0 radical (unpaired) electrons. The molecule has 2 heterocycles. The SMILES string of the molecule is COc1ccnc(C2NCCc3ccccc32)c1. The van der Waals surface area contributed by atoms with E-state index in [1.807, 2.05) is 12.1 Å². The number of fused-ring (bicyclic) bond motifs is 1. The molecule has 18 heavy (non-hydrogen) atoms. The molecule has 1 atom stereocenters. The summed E-state index contributed by atoms with van der Waals surface area (Å²) in [5.41, 5.74) is 3.75. The highest BCUT2D eigenvalue weighted by atomic mass is 16.5. The number of pyridine rings is 1. The molecule has 92 valence electrons. The Morgan fingerprint density at radius 2 is 2.17 bits per heavy atom. The van der Waals surface area contributed by atoms with Gasteiger partial charge in [-0.3, -0.25) is 4.98 Å². The average Bonchev–Trinajstić information content (AvgIpc) is 2.47. The van der Waals surface area contributed by atoms with Crippen LogP contribution in [0, 0.1) is 0 Å². The lowest BCUT2D eigenvalue weighted by Crippen LogP contribution is -2.31. The van der Waals surface area contributed by atoms with Crippen LogP contribution in [0.25, 0.3) is 0 Å². The highest BCUT2D eigenvalue weighted by Crippen LogP contribution is 2.28. The van der Waals surface area contributed by atoms with E-state index in [0.717, 1.165) is 24.4 Å². The van der Waals surface area contributed by atoms with Gasteiger partial charge in [0.1, 0.15) is 5.75 Å². The Bertz CT molecular complexity index is 554. The van der Waals surface area contributed by atoms with Crippen LogP contribution in [0.3, 0.4) is 0 Å². The zero-order chi connectivity index (χ0) is 12.4. The van der Waals surface area contributed by atoms with Crippen LogP contribution in [-0.4, -0.2) is 18.6 Å². The monoisotopic (exact) mass is 240 g/mol. The second kappa shape index (κ2) is 4.78. The van der Waals surface area contributed by atoms with Gasteiger partial charge in [-0.05, 0) is 23.6 Å². The topological polar surface area (TPSA) is 34.1 Å². The van der Waals surface area contributed by atoms with Crippen molar-refractivity contribution in [1.29, 1.82) is 0 Å². The van der Waals surface area contributed by atoms with Crippen LogP contribution in [0.2, 0.25) is 0 Å². The van der Waals surface area contributed by atoms with Crippen molar-refractivity contribution in [3.63, 3.8) is 0 Å². The van der Waals surface area contributed by atoms with E-state index in [1.165, 1.54) is 11.1 Å². The van der Waals surface area contributed by atoms with Crippen molar-refractivity contribution in [2.75, 3.05) is 13.7 Å². The summed E-state index contributed by atoms with van der Waals surface area (Å²) in [6.07, 6.45) is 2.88. The number of nitrogens with one attached hydrogen (secondary N) is 1. The number of hydrogen-bond acceptors (Lipinski definition) is 3. The molecule has 0 fully saturated rings. The highest BCUT2D eigenvalue weighted by Gasteiger charge is 2.21. The molecule has 2 aromatic rings. The van der Waals surface area contributed by atoms with E-state index in [0.29, 0.717) is 0 Å². The number of nitrogens with zero attached hydrogens (tertiary/aromatic N) is 1. The average molecular weight is 240 g/mol. The molecule has 1 aliphatic rings. The minimum Gasteiger partial charge on any atom is -0.497 e. The van der Waals surface area contributed by atoms with Gasteiger partial charge in [0.15, 0.2) is 0 Å². The van der Waals surface area contributed by atoms with Crippen molar-refractivity contribution in [2.45, 2.75) is 12.5 Å². The predicted octanol–water partition coefficient (Wildman–Crippen LogP) is 2.33. The third-order valence-corrected chi connectivity index (χ3v) is 3.39. The molecule has 0 bridgehead atoms. The Hall–Kier alpha value is -1.87. The van der Waals surface area contributed by atoms with Gasteiger partial charge in [0.25, 0.3) is 0 Å². The quantitative estimate of drug-likeness (QED) is 0.874. The molecular formula is C15H16N2O. The Kier molecular flexibility index (Phi) is 2.99. The third kappa shape index (κ3) is 1.97. The lowest BCUT2D eigenvalue weighted by molar-refractivity contribution is 0.412. The largest absolute Gasteiger partial charge is 0.497 e. The number of ether oxygens (including phenoxy) is 1. The van der Waals surface area contributed by atoms with Crippen molar-refractivity contribution in [3.8, 4) is 5.75 Å². The van der Waals surface area contributed by atoms with Gasteiger partial charge in [0, 0.05) is 18.8 Å². The molecule has 0 aliphatic carbocycles. The minimum atomic E-state index is 0.171. The van der Waals surface area contributed by atoms with Crippen LogP contribution in [0.15, 0.2) is 42.6 Å². The molecule has 0 amide bonds. The minimum absolute atomic E-state index is 0.171. The second-order valence-corrected chi connectivity index (χ2v) is 4.46. The molecule has 1 aromatic carbocycles. The summed E-state index contributed by atoms with van der Waals surface area (Å²) in [4.78, 5) is 4.47. The van der Waals surface area contributed by atoms with Gasteiger partial charge in [-0.15, -0.1) is 0 Å². The van der Waals surface area contributed by atoms with E-state index < -0.39 is 0 Å². The van der Waals surface area contributed by atoms with Crippen LogP contribution in [-0.2, 0) is 6.42 Å². The number of rotatable bonds is 2. The van der Waals surface area contributed by atoms with Crippen molar-refractivity contribution < 1.29 is 4.74 Å². The van der Waals surface area contributed by atoms with E-state index >= 15 is 0 Å². The number of methoxy groups -OCH3 is 1. The van der Waals surface area contributed by atoms with Crippen LogP contribution in [0.1, 0.15) is 22.9 Å². The van der Waals surface area contributed by atoms with Crippen molar-refractivity contribution >= 4 is 0 Å². The Labute approximate surface area is 107 Å². The Morgan fingerprint density at radius 1 is 1.28 bits per heavy atom. The summed E-state index contributed by atoms with van der Waals surface area (Å²) in [6.45, 7) is 0.987. The molecule has 1 unspecified atom stereocenters. The molecular weight excluding hydrogens is 224 g/mol. The first-order valence-electron chi connectivity index (χ1n) is 6.19. The fraction of sp³-hybridized carbons (Fsp3) is 0.267. The predicted molar refractivity (Wildman–Crippen MR) is 70.8 cm³/mol. The van der Waals surface area contributed by atoms with Gasteiger partial charge < -0.3 is 10.1 Å². The second-order valence-electron chi connectivity index (χ2n) is 4.46. The van der Waals surface area contributed by atoms with E-state index in [2.05, 4.69) is 34.6 Å². The maximum atomic E-state index is 5.27. The van der Waals surface area contributed by atoms with Gasteiger partial charge in [0.05, 0.1) is 18.8 Å². The number of hydrogen-bond donors (Lipinski definition) is 1. The Morgan fingerprint density at radius 3 is 3.06 bits per heavy atom. The zero-order valence-corrected chi connectivity index (χ0v) is 10.4. The number of aromatic nitrogens is 1. The molecule has 3 nitrogen and oxygen atoms in total. The van der Waals surface area contributed by atoms with Crippen molar-refractivity contribution in [3.05, 3.63) is 59.4 Å². The molecule has 0 saturated carbocycles. The zero-order valence-electron chi connectivity index (χ0n) is 10.4. The molecule has 3 rings (SSSR count). The molecule has 0 spiro atoms. The fourth-order valence-electron chi connectivity index (χ4n) is 2.48. The fourth-order valence-corrected chi connectivity index (χ4v) is 2.48. The molecule has 1 N–H and O–H groups in total. The van der Waals surface area contributed by atoms with E-state index in [4.69, 9.17) is 4.74 Å².